The molecule has 0 aliphatic carbocycles. The van der Waals surface area contributed by atoms with Crippen molar-refractivity contribution in [2.24, 2.45) is 0 Å². The minimum atomic E-state index is -0.608. The Labute approximate surface area is 131 Å². The number of ether oxygens (including phenoxy) is 1. The second kappa shape index (κ2) is 8.38. The summed E-state index contributed by atoms with van der Waals surface area (Å²) in [6, 6.07) is 9.06. The Bertz CT molecular complexity index is 483. The molecule has 6 heteroatoms. The van der Waals surface area contributed by atoms with Crippen LogP contribution in [0.25, 0.3) is 0 Å². The van der Waals surface area contributed by atoms with Crippen molar-refractivity contribution in [2.45, 2.75) is 32.8 Å². The van der Waals surface area contributed by atoms with E-state index in [2.05, 4.69) is 5.32 Å². The molecule has 0 saturated carbocycles. The molecule has 0 spiro atoms. The van der Waals surface area contributed by atoms with Crippen LogP contribution >= 0.6 is 0 Å². The summed E-state index contributed by atoms with van der Waals surface area (Å²) >= 11 is 0. The maximum Gasteiger partial charge on any atom is 0.414 e. The molecule has 0 aromatic heterocycles. The van der Waals surface area contributed by atoms with E-state index < -0.39 is 11.7 Å². The van der Waals surface area contributed by atoms with E-state index in [1.165, 1.54) is 4.90 Å². The lowest BCUT2D eigenvalue weighted by Crippen LogP contribution is -2.39. The Morgan fingerprint density at radius 1 is 1.23 bits per heavy atom. The van der Waals surface area contributed by atoms with Crippen LogP contribution in [0, 0.1) is 0 Å². The first-order valence-corrected chi connectivity index (χ1v) is 7.26. The van der Waals surface area contributed by atoms with Gasteiger partial charge < -0.3 is 15.2 Å². The molecule has 0 unspecified atom stereocenters. The fourth-order valence-corrected chi connectivity index (χ4v) is 1.75. The average Bonchev–Trinajstić information content (AvgIpc) is 2.44. The number of benzene rings is 1. The van der Waals surface area contributed by atoms with E-state index in [0.29, 0.717) is 5.69 Å². The number of hydrogen-bond acceptors (Lipinski definition) is 4. The van der Waals surface area contributed by atoms with E-state index in [4.69, 9.17) is 9.84 Å². The number of aliphatic hydroxyl groups excluding tert-OH is 1. The number of rotatable bonds is 6. The number of carbonyl (C=O) groups is 2. The summed E-state index contributed by atoms with van der Waals surface area (Å²) in [7, 11) is 0. The topological polar surface area (TPSA) is 78.9 Å². The first kappa shape index (κ1) is 18.0. The molecule has 2 amide bonds. The van der Waals surface area contributed by atoms with Gasteiger partial charge in [0.2, 0.25) is 5.91 Å². The van der Waals surface area contributed by atoms with Crippen LogP contribution in [-0.2, 0) is 9.53 Å². The van der Waals surface area contributed by atoms with Crippen molar-refractivity contribution in [1.82, 2.24) is 5.32 Å². The second-order valence-electron chi connectivity index (χ2n) is 5.79. The highest BCUT2D eigenvalue weighted by Gasteiger charge is 2.23. The number of carbonyl (C=O) groups excluding carboxylic acids is 2. The van der Waals surface area contributed by atoms with Crippen molar-refractivity contribution in [3.05, 3.63) is 30.3 Å². The largest absolute Gasteiger partial charge is 0.443 e. The Kier molecular flexibility index (Phi) is 6.85. The normalized spacial score (nSPS) is 10.9. The van der Waals surface area contributed by atoms with Crippen LogP contribution in [0.4, 0.5) is 10.5 Å². The van der Waals surface area contributed by atoms with Gasteiger partial charge in [-0.2, -0.15) is 0 Å². The molecule has 0 heterocycles. The number of anilines is 1. The van der Waals surface area contributed by atoms with E-state index in [-0.39, 0.29) is 32.0 Å². The predicted octanol–water partition coefficient (Wildman–Crippen LogP) is 1.93. The van der Waals surface area contributed by atoms with Gasteiger partial charge in [-0.1, -0.05) is 18.2 Å². The number of para-hydroxylation sites is 1. The molecule has 0 atom stereocenters. The molecule has 0 radical (unpaired) electrons. The molecule has 1 rings (SSSR count). The quantitative estimate of drug-likeness (QED) is 0.841. The summed E-state index contributed by atoms with van der Waals surface area (Å²) in [5.74, 6) is -0.224. The highest BCUT2D eigenvalue weighted by Crippen LogP contribution is 2.18. The molecule has 1 aromatic rings. The van der Waals surface area contributed by atoms with Gasteiger partial charge in [-0.25, -0.2) is 4.79 Å². The van der Waals surface area contributed by atoms with Crippen molar-refractivity contribution >= 4 is 17.7 Å². The standard InChI is InChI=1S/C16H24N2O4/c1-16(2,3)22-15(21)18(13-7-5-4-6-8-13)11-9-14(20)17-10-12-19/h4-8,19H,9-12H2,1-3H3,(H,17,20). The predicted molar refractivity (Wildman–Crippen MR) is 84.7 cm³/mol. The zero-order valence-corrected chi connectivity index (χ0v) is 13.3. The molecular weight excluding hydrogens is 284 g/mol. The van der Waals surface area contributed by atoms with Crippen molar-refractivity contribution in [3.63, 3.8) is 0 Å². The smallest absolute Gasteiger partial charge is 0.414 e. The van der Waals surface area contributed by atoms with Crippen LogP contribution < -0.4 is 10.2 Å². The Hall–Kier alpha value is -2.08. The first-order valence-electron chi connectivity index (χ1n) is 7.26. The summed E-state index contributed by atoms with van der Waals surface area (Å²) in [6.07, 6.45) is -0.359. The van der Waals surface area contributed by atoms with Gasteiger partial charge in [0, 0.05) is 25.2 Å². The fourth-order valence-electron chi connectivity index (χ4n) is 1.75. The van der Waals surface area contributed by atoms with E-state index >= 15 is 0 Å². The van der Waals surface area contributed by atoms with Crippen LogP contribution in [-0.4, -0.2) is 42.4 Å². The number of amides is 2. The lowest BCUT2D eigenvalue weighted by Gasteiger charge is -2.27. The summed E-state index contributed by atoms with van der Waals surface area (Å²) in [5, 5.41) is 11.2. The number of nitrogens with one attached hydrogen (secondary N) is 1. The minimum Gasteiger partial charge on any atom is -0.443 e. The minimum absolute atomic E-state index is 0.111. The van der Waals surface area contributed by atoms with Crippen LogP contribution in [0.2, 0.25) is 0 Å². The number of hydrogen-bond donors (Lipinski definition) is 2. The molecule has 0 aliphatic heterocycles. The molecule has 6 nitrogen and oxygen atoms in total. The number of nitrogens with zero attached hydrogens (tertiary/aromatic N) is 1. The monoisotopic (exact) mass is 308 g/mol. The second-order valence-corrected chi connectivity index (χ2v) is 5.79. The van der Waals surface area contributed by atoms with E-state index in [1.807, 2.05) is 18.2 Å². The lowest BCUT2D eigenvalue weighted by molar-refractivity contribution is -0.121. The highest BCUT2D eigenvalue weighted by atomic mass is 16.6. The molecular formula is C16H24N2O4. The summed E-state index contributed by atoms with van der Waals surface area (Å²) in [5.41, 5.74) is 0.0650. The molecule has 2 N–H and O–H groups in total. The lowest BCUT2D eigenvalue weighted by atomic mass is 10.2. The van der Waals surface area contributed by atoms with Crippen LogP contribution in [0.5, 0.6) is 0 Å². The van der Waals surface area contributed by atoms with Gasteiger partial charge in [-0.05, 0) is 32.9 Å². The van der Waals surface area contributed by atoms with Gasteiger partial charge in [0.15, 0.2) is 0 Å². The summed E-state index contributed by atoms with van der Waals surface area (Å²) in [4.78, 5) is 25.4. The van der Waals surface area contributed by atoms with Crippen molar-refractivity contribution in [1.29, 1.82) is 0 Å². The van der Waals surface area contributed by atoms with Gasteiger partial charge in [0.25, 0.3) is 0 Å². The van der Waals surface area contributed by atoms with Crippen LogP contribution in [0.1, 0.15) is 27.2 Å². The Morgan fingerprint density at radius 3 is 2.41 bits per heavy atom. The molecule has 22 heavy (non-hydrogen) atoms. The average molecular weight is 308 g/mol. The van der Waals surface area contributed by atoms with E-state index in [0.717, 1.165) is 0 Å². The van der Waals surface area contributed by atoms with Crippen molar-refractivity contribution in [3.8, 4) is 0 Å². The van der Waals surface area contributed by atoms with Crippen molar-refractivity contribution in [2.75, 3.05) is 24.6 Å². The molecule has 0 fully saturated rings. The van der Waals surface area contributed by atoms with Gasteiger partial charge in [0.1, 0.15) is 5.60 Å². The molecule has 0 saturated heterocycles. The van der Waals surface area contributed by atoms with Gasteiger partial charge in [0.05, 0.1) is 6.61 Å². The Morgan fingerprint density at radius 2 is 1.86 bits per heavy atom. The third-order valence-electron chi connectivity index (χ3n) is 2.68. The number of aliphatic hydroxyl groups is 1. The SMILES string of the molecule is CC(C)(C)OC(=O)N(CCC(=O)NCCO)c1ccccc1. The molecule has 122 valence electrons. The fraction of sp³-hybridized carbons (Fsp3) is 0.500. The van der Waals surface area contributed by atoms with Crippen LogP contribution in [0.15, 0.2) is 30.3 Å². The molecule has 0 aliphatic rings. The summed E-state index contributed by atoms with van der Waals surface area (Å²) < 4.78 is 5.38. The third-order valence-corrected chi connectivity index (χ3v) is 2.68. The maximum absolute atomic E-state index is 12.3. The van der Waals surface area contributed by atoms with Gasteiger partial charge in [-0.15, -0.1) is 0 Å². The van der Waals surface area contributed by atoms with E-state index in [9.17, 15) is 9.59 Å². The third kappa shape index (κ3) is 6.58. The highest BCUT2D eigenvalue weighted by molar-refractivity contribution is 5.89. The Balaban J connectivity index is 2.75. The molecule has 0 bridgehead atoms. The van der Waals surface area contributed by atoms with Crippen LogP contribution in [0.3, 0.4) is 0 Å². The van der Waals surface area contributed by atoms with E-state index in [1.54, 1.807) is 32.9 Å². The summed E-state index contributed by atoms with van der Waals surface area (Å²) in [6.45, 7) is 5.68. The van der Waals surface area contributed by atoms with Crippen molar-refractivity contribution < 1.29 is 19.4 Å². The zero-order chi connectivity index (χ0) is 16.6. The first-order chi connectivity index (χ1) is 10.3. The maximum atomic E-state index is 12.3. The van der Waals surface area contributed by atoms with Gasteiger partial charge >= 0.3 is 6.09 Å². The van der Waals surface area contributed by atoms with Gasteiger partial charge in [-0.3, -0.25) is 9.69 Å². The molecule has 1 aromatic carbocycles. The zero-order valence-electron chi connectivity index (χ0n) is 13.3.